The van der Waals surface area contributed by atoms with E-state index in [2.05, 4.69) is 31.9 Å². The zero-order valence-corrected chi connectivity index (χ0v) is 17.8. The van der Waals surface area contributed by atoms with E-state index in [0.29, 0.717) is 11.1 Å². The molecule has 1 aromatic carbocycles. The van der Waals surface area contributed by atoms with Crippen molar-refractivity contribution >= 4 is 49.2 Å². The van der Waals surface area contributed by atoms with Gasteiger partial charge in [0.25, 0.3) is 0 Å². The van der Waals surface area contributed by atoms with Crippen LogP contribution >= 0.6 is 43.2 Å². The second kappa shape index (κ2) is 7.33. The van der Waals surface area contributed by atoms with Crippen LogP contribution in [-0.2, 0) is 16.1 Å². The Kier molecular flexibility index (Phi) is 5.51. The number of halogens is 3. The van der Waals surface area contributed by atoms with Crippen LogP contribution in [0.25, 0.3) is 10.4 Å². The molecule has 0 unspecified atom stereocenters. The Balaban J connectivity index is 1.70. The second-order valence-electron chi connectivity index (χ2n) is 6.64. The minimum Gasteiger partial charge on any atom is -0.460 e. The first-order chi connectivity index (χ1) is 11.8. The van der Waals surface area contributed by atoms with Gasteiger partial charge in [-0.25, -0.2) is 4.39 Å². The van der Waals surface area contributed by atoms with Crippen molar-refractivity contribution in [2.45, 2.75) is 20.5 Å². The SMILES string of the molecule is CC1(C)[C@H](C(=O)OCc2cccc(-c3cccs3)c2F)[C@@H]1C=C(Br)Br. The Morgan fingerprint density at radius 2 is 2.08 bits per heavy atom. The van der Waals surface area contributed by atoms with Gasteiger partial charge < -0.3 is 4.74 Å². The van der Waals surface area contributed by atoms with Crippen molar-refractivity contribution in [3.8, 4) is 10.4 Å². The van der Waals surface area contributed by atoms with Crippen molar-refractivity contribution in [2.75, 3.05) is 0 Å². The Morgan fingerprint density at radius 1 is 1.32 bits per heavy atom. The molecule has 0 bridgehead atoms. The number of ether oxygens (including phenoxy) is 1. The fourth-order valence-corrected chi connectivity index (χ4v) is 4.44. The summed E-state index contributed by atoms with van der Waals surface area (Å²) in [5.74, 6) is -0.710. The van der Waals surface area contributed by atoms with Gasteiger partial charge in [-0.1, -0.05) is 44.2 Å². The molecule has 2 atom stereocenters. The van der Waals surface area contributed by atoms with Crippen LogP contribution in [-0.4, -0.2) is 5.97 Å². The number of allylic oxidation sites excluding steroid dienone is 1. The number of benzene rings is 1. The maximum absolute atomic E-state index is 14.7. The Hall–Kier alpha value is -0.980. The van der Waals surface area contributed by atoms with Crippen molar-refractivity contribution in [3.05, 3.63) is 56.6 Å². The standard InChI is InChI=1S/C19H17Br2FO2S/c1-19(2)13(9-15(20)21)16(19)18(23)24-10-11-5-3-6-12(17(11)22)14-7-4-8-25-14/h3-9,13,16H,10H2,1-2H3/t13-,16-/m0/s1. The molecule has 1 aromatic heterocycles. The number of rotatable bonds is 5. The molecule has 25 heavy (non-hydrogen) atoms. The van der Waals surface area contributed by atoms with Crippen LogP contribution < -0.4 is 0 Å². The van der Waals surface area contributed by atoms with Crippen LogP contribution in [0.5, 0.6) is 0 Å². The number of carbonyl (C=O) groups excluding carboxylic acids is 1. The van der Waals surface area contributed by atoms with Gasteiger partial charge in [0.15, 0.2) is 0 Å². The molecule has 1 heterocycles. The lowest BCUT2D eigenvalue weighted by Gasteiger charge is -2.09. The number of esters is 1. The average molecular weight is 488 g/mol. The molecule has 0 radical (unpaired) electrons. The third-order valence-electron chi connectivity index (χ3n) is 4.71. The first-order valence-electron chi connectivity index (χ1n) is 7.83. The van der Waals surface area contributed by atoms with E-state index in [1.54, 1.807) is 18.2 Å². The number of carbonyl (C=O) groups is 1. The Bertz CT molecular complexity index is 811. The molecule has 0 aliphatic heterocycles. The molecule has 132 valence electrons. The molecule has 2 aromatic rings. The zero-order chi connectivity index (χ0) is 18.2. The first-order valence-corrected chi connectivity index (χ1v) is 10.3. The third-order valence-corrected chi connectivity index (χ3v) is 6.14. The van der Waals surface area contributed by atoms with Gasteiger partial charge in [0.1, 0.15) is 12.4 Å². The summed E-state index contributed by atoms with van der Waals surface area (Å²) in [5, 5.41) is 1.91. The van der Waals surface area contributed by atoms with E-state index in [1.165, 1.54) is 11.3 Å². The van der Waals surface area contributed by atoms with Crippen LogP contribution in [0, 0.1) is 23.1 Å². The molecular weight excluding hydrogens is 471 g/mol. The topological polar surface area (TPSA) is 26.3 Å². The van der Waals surface area contributed by atoms with Gasteiger partial charge >= 0.3 is 5.97 Å². The highest BCUT2D eigenvalue weighted by Crippen LogP contribution is 2.60. The van der Waals surface area contributed by atoms with E-state index in [0.717, 1.165) is 8.27 Å². The van der Waals surface area contributed by atoms with Gasteiger partial charge in [0, 0.05) is 16.0 Å². The molecule has 1 aliphatic carbocycles. The molecule has 0 spiro atoms. The first kappa shape index (κ1) is 18.8. The van der Waals surface area contributed by atoms with E-state index >= 15 is 0 Å². The summed E-state index contributed by atoms with van der Waals surface area (Å²) >= 11 is 8.15. The molecule has 1 fully saturated rings. The summed E-state index contributed by atoms with van der Waals surface area (Å²) in [6.45, 7) is 4.00. The van der Waals surface area contributed by atoms with Gasteiger partial charge in [-0.05, 0) is 54.6 Å². The minimum absolute atomic E-state index is 0.0532. The highest BCUT2D eigenvalue weighted by Gasteiger charge is 2.61. The lowest BCUT2D eigenvalue weighted by molar-refractivity contribution is -0.147. The predicted molar refractivity (Wildman–Crippen MR) is 106 cm³/mol. The van der Waals surface area contributed by atoms with Crippen molar-refractivity contribution < 1.29 is 13.9 Å². The number of hydrogen-bond acceptors (Lipinski definition) is 3. The van der Waals surface area contributed by atoms with E-state index in [-0.39, 0.29) is 35.6 Å². The summed E-state index contributed by atoms with van der Waals surface area (Å²) in [6, 6.07) is 8.95. The molecule has 1 aliphatic rings. The Labute approximate surface area is 167 Å². The van der Waals surface area contributed by atoms with Gasteiger partial charge in [0.05, 0.1) is 9.31 Å². The van der Waals surface area contributed by atoms with Crippen LogP contribution in [0.15, 0.2) is 45.2 Å². The summed E-state index contributed by atoms with van der Waals surface area (Å²) in [7, 11) is 0. The van der Waals surface area contributed by atoms with E-state index in [4.69, 9.17) is 4.74 Å². The van der Waals surface area contributed by atoms with Crippen LogP contribution in [0.3, 0.4) is 0 Å². The van der Waals surface area contributed by atoms with Crippen LogP contribution in [0.4, 0.5) is 4.39 Å². The van der Waals surface area contributed by atoms with Crippen molar-refractivity contribution in [2.24, 2.45) is 17.3 Å². The molecule has 2 nitrogen and oxygen atoms in total. The molecule has 1 saturated carbocycles. The third kappa shape index (κ3) is 3.91. The summed E-state index contributed by atoms with van der Waals surface area (Å²) in [4.78, 5) is 13.3. The van der Waals surface area contributed by atoms with Crippen molar-refractivity contribution in [3.63, 3.8) is 0 Å². The second-order valence-corrected chi connectivity index (χ2v) is 10.4. The van der Waals surface area contributed by atoms with Crippen LogP contribution in [0.2, 0.25) is 0 Å². The number of thiophene rings is 1. The molecule has 0 amide bonds. The van der Waals surface area contributed by atoms with Gasteiger partial charge in [0.2, 0.25) is 0 Å². The maximum atomic E-state index is 14.7. The van der Waals surface area contributed by atoms with E-state index in [9.17, 15) is 9.18 Å². The van der Waals surface area contributed by atoms with E-state index in [1.807, 2.05) is 37.4 Å². The molecule has 3 rings (SSSR count). The summed E-state index contributed by atoms with van der Waals surface area (Å²) in [5.41, 5.74) is 0.784. The average Bonchev–Trinajstić information content (AvgIpc) is 2.93. The van der Waals surface area contributed by atoms with Gasteiger partial charge in [-0.3, -0.25) is 4.79 Å². The van der Waals surface area contributed by atoms with Gasteiger partial charge in [-0.2, -0.15) is 0 Å². The van der Waals surface area contributed by atoms with Crippen molar-refractivity contribution in [1.29, 1.82) is 0 Å². The van der Waals surface area contributed by atoms with Crippen LogP contribution in [0.1, 0.15) is 19.4 Å². The summed E-state index contributed by atoms with van der Waals surface area (Å²) < 4.78 is 20.9. The zero-order valence-electron chi connectivity index (χ0n) is 13.8. The largest absolute Gasteiger partial charge is 0.460 e. The smallest absolute Gasteiger partial charge is 0.310 e. The maximum Gasteiger partial charge on any atom is 0.310 e. The molecule has 0 N–H and O–H groups in total. The van der Waals surface area contributed by atoms with Gasteiger partial charge in [-0.15, -0.1) is 11.3 Å². The van der Waals surface area contributed by atoms with E-state index < -0.39 is 0 Å². The molecular formula is C19H17Br2FO2S. The highest BCUT2D eigenvalue weighted by molar-refractivity contribution is 9.28. The predicted octanol–water partition coefficient (Wildman–Crippen LogP) is 6.50. The Morgan fingerprint density at radius 3 is 2.72 bits per heavy atom. The van der Waals surface area contributed by atoms with Crippen molar-refractivity contribution in [1.82, 2.24) is 0 Å². The lowest BCUT2D eigenvalue weighted by atomic mass is 10.1. The normalized spacial score (nSPS) is 20.8. The summed E-state index contributed by atoms with van der Waals surface area (Å²) in [6.07, 6.45) is 1.96. The lowest BCUT2D eigenvalue weighted by Crippen LogP contribution is -2.11. The fourth-order valence-electron chi connectivity index (χ4n) is 3.13. The fraction of sp³-hybridized carbons (Fsp3) is 0.316. The molecule has 0 saturated heterocycles. The number of hydrogen-bond donors (Lipinski definition) is 0. The monoisotopic (exact) mass is 486 g/mol. The highest BCUT2D eigenvalue weighted by atomic mass is 79.9. The molecule has 6 heteroatoms. The quantitative estimate of drug-likeness (QED) is 0.450. The minimum atomic E-state index is -0.326.